The Balaban J connectivity index is 1.84. The van der Waals surface area contributed by atoms with E-state index in [0.29, 0.717) is 12.1 Å². The number of nitrogens with zero attached hydrogens (tertiary/aromatic N) is 1. The average Bonchev–Trinajstić information content (AvgIpc) is 2.31. The van der Waals surface area contributed by atoms with Gasteiger partial charge in [0.05, 0.1) is 0 Å². The Morgan fingerprint density at radius 3 is 2.80 bits per heavy atom. The number of hydrogen-bond donors (Lipinski definition) is 3. The molecule has 0 radical (unpaired) electrons. The summed E-state index contributed by atoms with van der Waals surface area (Å²) in [4.78, 5) is 0. The molecular weight excluding hydrogens is 128 g/mol. The van der Waals surface area contributed by atoms with Gasteiger partial charge in [0.25, 0.3) is 0 Å². The predicted molar refractivity (Wildman–Crippen MR) is 38.2 cm³/mol. The summed E-state index contributed by atoms with van der Waals surface area (Å²) in [6.45, 7) is 0. The Labute approximate surface area is 60.0 Å². The van der Waals surface area contributed by atoms with Gasteiger partial charge in [-0.1, -0.05) is 0 Å². The first kappa shape index (κ1) is 6.00. The van der Waals surface area contributed by atoms with Crippen LogP contribution in [-0.4, -0.2) is 17.1 Å². The molecule has 1 aliphatic carbocycles. The molecule has 0 aromatic heterocycles. The van der Waals surface area contributed by atoms with Gasteiger partial charge in [-0.15, -0.1) is 5.53 Å². The van der Waals surface area contributed by atoms with E-state index in [9.17, 15) is 0 Å². The molecule has 4 nitrogen and oxygen atoms in total. The molecule has 2 aliphatic rings. The highest BCUT2D eigenvalue weighted by Crippen LogP contribution is 2.23. The van der Waals surface area contributed by atoms with Crippen LogP contribution in [-0.2, 0) is 0 Å². The summed E-state index contributed by atoms with van der Waals surface area (Å²) in [7, 11) is 0. The molecule has 1 aliphatic heterocycles. The van der Waals surface area contributed by atoms with Gasteiger partial charge in [-0.05, 0) is 12.8 Å². The van der Waals surface area contributed by atoms with Crippen LogP contribution in [0, 0.1) is 0 Å². The lowest BCUT2D eigenvalue weighted by Gasteiger charge is -2.38. The van der Waals surface area contributed by atoms with Crippen molar-refractivity contribution in [1.29, 1.82) is 0 Å². The zero-order chi connectivity index (χ0) is 6.97. The van der Waals surface area contributed by atoms with Crippen LogP contribution in [0.5, 0.6) is 0 Å². The topological polar surface area (TPSA) is 53.3 Å². The van der Waals surface area contributed by atoms with Gasteiger partial charge in [0.2, 0.25) is 0 Å². The molecular formula is C6H12N4. The van der Waals surface area contributed by atoms with Crippen LogP contribution in [0.3, 0.4) is 0 Å². The fourth-order valence-corrected chi connectivity index (χ4v) is 1.34. The van der Waals surface area contributed by atoms with E-state index in [1.54, 1.807) is 0 Å². The first-order valence-corrected chi connectivity index (χ1v) is 3.58. The highest BCUT2D eigenvalue weighted by atomic mass is 15.7. The lowest BCUT2D eigenvalue weighted by molar-refractivity contribution is 0.112. The summed E-state index contributed by atoms with van der Waals surface area (Å²) >= 11 is 0. The lowest BCUT2D eigenvalue weighted by Crippen LogP contribution is -2.53. The van der Waals surface area contributed by atoms with Gasteiger partial charge >= 0.3 is 0 Å². The molecule has 0 amide bonds. The minimum absolute atomic E-state index is 0.417. The molecule has 0 atom stereocenters. The van der Waals surface area contributed by atoms with Gasteiger partial charge in [0, 0.05) is 24.5 Å². The van der Waals surface area contributed by atoms with Gasteiger partial charge in [-0.25, -0.2) is 0 Å². The Kier molecular flexibility index (Phi) is 1.28. The fourth-order valence-electron chi connectivity index (χ4n) is 1.34. The van der Waals surface area contributed by atoms with Gasteiger partial charge < -0.3 is 11.2 Å². The molecule has 4 heteroatoms. The predicted octanol–water partition coefficient (Wildman–Crippen LogP) is -0.728. The van der Waals surface area contributed by atoms with E-state index in [0.717, 1.165) is 12.8 Å². The quantitative estimate of drug-likeness (QED) is 0.449. The summed E-state index contributed by atoms with van der Waals surface area (Å²) < 4.78 is 0. The molecule has 0 aromatic rings. The Morgan fingerprint density at radius 2 is 2.30 bits per heavy atom. The second-order valence-corrected chi connectivity index (χ2v) is 2.86. The van der Waals surface area contributed by atoms with E-state index in [4.69, 9.17) is 5.73 Å². The lowest BCUT2D eigenvalue weighted by atomic mass is 9.87. The Hall–Kier alpha value is -0.740. The molecule has 1 fully saturated rings. The summed E-state index contributed by atoms with van der Waals surface area (Å²) in [5.41, 5.74) is 11.5. The van der Waals surface area contributed by atoms with E-state index in [-0.39, 0.29) is 0 Å². The fraction of sp³-hybridized carbons (Fsp3) is 0.667. The van der Waals surface area contributed by atoms with E-state index in [2.05, 4.69) is 16.0 Å². The average molecular weight is 140 g/mol. The maximum atomic E-state index is 5.64. The number of hydrogen-bond acceptors (Lipinski definition) is 4. The SMILES string of the molecule is NC1CC(N2C=CNN2)C1. The zero-order valence-corrected chi connectivity index (χ0v) is 5.75. The molecule has 2 rings (SSSR count). The van der Waals surface area contributed by atoms with E-state index >= 15 is 0 Å². The molecule has 0 aromatic carbocycles. The smallest absolute Gasteiger partial charge is 0.0496 e. The minimum atomic E-state index is 0.417. The van der Waals surface area contributed by atoms with E-state index in [1.165, 1.54) is 0 Å². The second kappa shape index (κ2) is 2.14. The van der Waals surface area contributed by atoms with Gasteiger partial charge in [-0.3, -0.25) is 5.01 Å². The highest BCUT2D eigenvalue weighted by molar-refractivity contribution is 4.95. The van der Waals surface area contributed by atoms with Crippen molar-refractivity contribution in [3.05, 3.63) is 12.4 Å². The van der Waals surface area contributed by atoms with Crippen molar-refractivity contribution in [2.75, 3.05) is 0 Å². The summed E-state index contributed by atoms with van der Waals surface area (Å²) in [6, 6.07) is 1.02. The van der Waals surface area contributed by atoms with Crippen molar-refractivity contribution < 1.29 is 0 Å². The molecule has 0 bridgehead atoms. The van der Waals surface area contributed by atoms with Crippen LogP contribution in [0.1, 0.15) is 12.8 Å². The Morgan fingerprint density at radius 1 is 1.50 bits per heavy atom. The molecule has 0 unspecified atom stereocenters. The van der Waals surface area contributed by atoms with Crippen LogP contribution >= 0.6 is 0 Å². The molecule has 4 N–H and O–H groups in total. The summed E-state index contributed by atoms with van der Waals surface area (Å²) in [5.74, 6) is 0. The second-order valence-electron chi connectivity index (χ2n) is 2.86. The van der Waals surface area contributed by atoms with Crippen LogP contribution in [0.15, 0.2) is 12.4 Å². The maximum Gasteiger partial charge on any atom is 0.0496 e. The third-order valence-electron chi connectivity index (χ3n) is 2.06. The number of hydrazine groups is 2. The number of nitrogens with two attached hydrogens (primary N) is 1. The van der Waals surface area contributed by atoms with Gasteiger partial charge in [0.1, 0.15) is 0 Å². The van der Waals surface area contributed by atoms with Crippen LogP contribution in [0.4, 0.5) is 0 Å². The van der Waals surface area contributed by atoms with Crippen LogP contribution in [0.2, 0.25) is 0 Å². The van der Waals surface area contributed by atoms with E-state index < -0.39 is 0 Å². The maximum absolute atomic E-state index is 5.64. The van der Waals surface area contributed by atoms with Crippen molar-refractivity contribution >= 4 is 0 Å². The van der Waals surface area contributed by atoms with Crippen molar-refractivity contribution in [2.24, 2.45) is 5.73 Å². The van der Waals surface area contributed by atoms with Gasteiger partial charge in [-0.2, -0.15) is 0 Å². The van der Waals surface area contributed by atoms with Crippen molar-refractivity contribution in [1.82, 2.24) is 16.0 Å². The molecule has 0 spiro atoms. The third-order valence-corrected chi connectivity index (χ3v) is 2.06. The first-order chi connectivity index (χ1) is 4.86. The number of nitrogens with one attached hydrogen (secondary N) is 2. The van der Waals surface area contributed by atoms with Crippen LogP contribution in [0.25, 0.3) is 0 Å². The first-order valence-electron chi connectivity index (χ1n) is 3.58. The minimum Gasteiger partial charge on any atom is -0.328 e. The van der Waals surface area contributed by atoms with Crippen LogP contribution < -0.4 is 16.7 Å². The highest BCUT2D eigenvalue weighted by Gasteiger charge is 2.30. The Bertz CT molecular complexity index is 150. The standard InChI is InChI=1S/C6H12N4/c7-5-3-6(4-5)10-2-1-8-9-10/h1-2,5-6,8-9H,3-4,7H2. The molecule has 10 heavy (non-hydrogen) atoms. The molecule has 56 valence electrons. The molecule has 0 saturated heterocycles. The van der Waals surface area contributed by atoms with Gasteiger partial charge in [0.15, 0.2) is 0 Å². The van der Waals surface area contributed by atoms with Crippen molar-refractivity contribution in [3.63, 3.8) is 0 Å². The largest absolute Gasteiger partial charge is 0.328 e. The van der Waals surface area contributed by atoms with E-state index in [1.807, 2.05) is 12.4 Å². The zero-order valence-electron chi connectivity index (χ0n) is 5.75. The third kappa shape index (κ3) is 0.853. The van der Waals surface area contributed by atoms with Crippen molar-refractivity contribution in [3.8, 4) is 0 Å². The summed E-state index contributed by atoms with van der Waals surface area (Å²) in [5, 5.41) is 2.06. The summed E-state index contributed by atoms with van der Waals surface area (Å²) in [6.07, 6.45) is 6.07. The van der Waals surface area contributed by atoms with Crippen molar-refractivity contribution in [2.45, 2.75) is 24.9 Å². The molecule has 1 heterocycles. The molecule has 1 saturated carbocycles. The monoisotopic (exact) mass is 140 g/mol. The normalized spacial score (nSPS) is 37.5. The number of rotatable bonds is 1.